The third-order valence-corrected chi connectivity index (χ3v) is 4.82. The number of aromatic nitrogens is 2. The van der Waals surface area contributed by atoms with Gasteiger partial charge in [0.2, 0.25) is 5.89 Å². The van der Waals surface area contributed by atoms with Gasteiger partial charge < -0.3 is 24.6 Å². The monoisotopic (exact) mass is 439 g/mol. The quantitative estimate of drug-likeness (QED) is 0.430. The summed E-state index contributed by atoms with van der Waals surface area (Å²) in [5.41, 5.74) is 1.45. The largest absolute Gasteiger partial charge is 0.490 e. The Balaban J connectivity index is 1.43. The molecule has 0 atom stereocenters. The Morgan fingerprint density at radius 1 is 1.09 bits per heavy atom. The molecule has 0 unspecified atom stereocenters. The Labute approximate surface area is 185 Å². The number of nitrogens with zero attached hydrogens (tertiary/aromatic N) is 3. The third kappa shape index (κ3) is 5.96. The van der Waals surface area contributed by atoms with Crippen molar-refractivity contribution in [2.45, 2.75) is 26.2 Å². The lowest BCUT2D eigenvalue weighted by molar-refractivity contribution is 0.297. The van der Waals surface area contributed by atoms with E-state index in [1.807, 2.05) is 24.3 Å². The van der Waals surface area contributed by atoms with Crippen LogP contribution in [-0.2, 0) is 12.8 Å². The second-order valence-corrected chi connectivity index (χ2v) is 7.32. The zero-order valence-electron chi connectivity index (χ0n) is 17.9. The van der Waals surface area contributed by atoms with E-state index in [2.05, 4.69) is 25.8 Å². The van der Waals surface area contributed by atoms with E-state index in [0.29, 0.717) is 68.1 Å². The van der Waals surface area contributed by atoms with Crippen LogP contribution in [0.1, 0.15) is 23.7 Å². The van der Waals surface area contributed by atoms with E-state index in [9.17, 15) is 4.39 Å². The summed E-state index contributed by atoms with van der Waals surface area (Å²) >= 11 is 0. The fourth-order valence-corrected chi connectivity index (χ4v) is 3.24. The van der Waals surface area contributed by atoms with Crippen LogP contribution in [0.3, 0.4) is 0 Å². The van der Waals surface area contributed by atoms with Gasteiger partial charge in [0, 0.05) is 31.1 Å². The van der Waals surface area contributed by atoms with E-state index < -0.39 is 0 Å². The lowest BCUT2D eigenvalue weighted by Crippen LogP contribution is -2.33. The number of hydrogen-bond donors (Lipinski definition) is 2. The molecule has 0 bridgehead atoms. The van der Waals surface area contributed by atoms with E-state index in [1.165, 1.54) is 6.07 Å². The number of benzene rings is 2. The number of nitrogens with one attached hydrogen (secondary N) is 2. The minimum absolute atomic E-state index is 0.213. The van der Waals surface area contributed by atoms with Gasteiger partial charge in [-0.25, -0.2) is 4.39 Å². The topological polar surface area (TPSA) is 93.8 Å². The number of halogens is 1. The highest BCUT2D eigenvalue weighted by atomic mass is 19.1. The first-order valence-electron chi connectivity index (χ1n) is 10.6. The molecular weight excluding hydrogens is 413 g/mol. The molecule has 32 heavy (non-hydrogen) atoms. The molecule has 1 aliphatic rings. The van der Waals surface area contributed by atoms with Crippen LogP contribution in [0.5, 0.6) is 11.5 Å². The van der Waals surface area contributed by atoms with Gasteiger partial charge in [-0.15, -0.1) is 0 Å². The summed E-state index contributed by atoms with van der Waals surface area (Å²) in [5, 5.41) is 10.3. The standard InChI is InChI=1S/C23H26FN5O3/c1-16-27-22(32-29-16)10-12-26-23(25-11-9-17-5-2-3-6-19(17)24)28-18-7-8-20-21(15-18)31-14-4-13-30-20/h2-3,5-8,15H,4,9-14H2,1H3,(H2,25,26,28). The summed E-state index contributed by atoms with van der Waals surface area (Å²) in [6, 6.07) is 12.4. The number of anilines is 1. The predicted molar refractivity (Wildman–Crippen MR) is 119 cm³/mol. The average Bonchev–Trinajstić information content (AvgIpc) is 3.06. The van der Waals surface area contributed by atoms with Crippen molar-refractivity contribution >= 4 is 11.6 Å². The Morgan fingerprint density at radius 2 is 1.94 bits per heavy atom. The smallest absolute Gasteiger partial charge is 0.228 e. The fourth-order valence-electron chi connectivity index (χ4n) is 3.24. The summed E-state index contributed by atoms with van der Waals surface area (Å²) < 4.78 is 30.5. The highest BCUT2D eigenvalue weighted by Gasteiger charge is 2.12. The molecular formula is C23H26FN5O3. The summed E-state index contributed by atoms with van der Waals surface area (Å²) in [7, 11) is 0. The van der Waals surface area contributed by atoms with Crippen molar-refractivity contribution in [3.05, 3.63) is 65.6 Å². The Kier molecular flexibility index (Phi) is 7.16. The van der Waals surface area contributed by atoms with Crippen LogP contribution >= 0.6 is 0 Å². The highest BCUT2D eigenvalue weighted by molar-refractivity contribution is 5.94. The van der Waals surface area contributed by atoms with Crippen LogP contribution in [0.25, 0.3) is 0 Å². The van der Waals surface area contributed by atoms with Crippen LogP contribution < -0.4 is 20.1 Å². The minimum atomic E-state index is -0.213. The first kappa shape index (κ1) is 21.6. The maximum absolute atomic E-state index is 13.9. The van der Waals surface area contributed by atoms with E-state index in [-0.39, 0.29) is 5.82 Å². The molecule has 9 heteroatoms. The van der Waals surface area contributed by atoms with E-state index >= 15 is 0 Å². The van der Waals surface area contributed by atoms with Gasteiger partial charge in [-0.05, 0) is 37.1 Å². The van der Waals surface area contributed by atoms with E-state index in [1.54, 1.807) is 19.1 Å². The molecule has 0 fully saturated rings. The lowest BCUT2D eigenvalue weighted by Gasteiger charge is -2.15. The molecule has 2 heterocycles. The van der Waals surface area contributed by atoms with Gasteiger partial charge in [-0.3, -0.25) is 4.99 Å². The summed E-state index contributed by atoms with van der Waals surface area (Å²) in [6.45, 7) is 3.98. The fraction of sp³-hybridized carbons (Fsp3) is 0.348. The van der Waals surface area contributed by atoms with Gasteiger partial charge in [0.15, 0.2) is 23.3 Å². The van der Waals surface area contributed by atoms with Crippen molar-refractivity contribution in [3.8, 4) is 11.5 Å². The van der Waals surface area contributed by atoms with E-state index in [0.717, 1.165) is 17.9 Å². The molecule has 0 amide bonds. The van der Waals surface area contributed by atoms with Crippen LogP contribution in [0.4, 0.5) is 10.1 Å². The first-order chi connectivity index (χ1) is 15.7. The SMILES string of the molecule is Cc1noc(CCN=C(NCCc2ccccc2F)Nc2ccc3c(c2)OCCCO3)n1. The van der Waals surface area contributed by atoms with Gasteiger partial charge in [0.25, 0.3) is 0 Å². The molecule has 0 saturated heterocycles. The Hall–Kier alpha value is -3.62. The molecule has 168 valence electrons. The molecule has 3 aromatic rings. The number of hydrogen-bond acceptors (Lipinski definition) is 6. The van der Waals surface area contributed by atoms with Crippen molar-refractivity contribution < 1.29 is 18.4 Å². The first-order valence-corrected chi connectivity index (χ1v) is 10.6. The molecule has 0 radical (unpaired) electrons. The molecule has 0 spiro atoms. The van der Waals surface area contributed by atoms with E-state index in [4.69, 9.17) is 14.0 Å². The number of guanidine groups is 1. The summed E-state index contributed by atoms with van der Waals surface area (Å²) in [5.74, 6) is 2.90. The van der Waals surface area contributed by atoms with Crippen LogP contribution in [0, 0.1) is 12.7 Å². The number of rotatable bonds is 7. The number of aryl methyl sites for hydroxylation is 1. The van der Waals surface area contributed by atoms with Gasteiger partial charge in [-0.1, -0.05) is 23.4 Å². The average molecular weight is 439 g/mol. The van der Waals surface area contributed by atoms with Crippen molar-refractivity contribution in [2.24, 2.45) is 4.99 Å². The van der Waals surface area contributed by atoms with Gasteiger partial charge in [0.05, 0.1) is 19.8 Å². The zero-order valence-corrected chi connectivity index (χ0v) is 17.9. The van der Waals surface area contributed by atoms with Crippen molar-refractivity contribution in [1.82, 2.24) is 15.5 Å². The van der Waals surface area contributed by atoms with Crippen molar-refractivity contribution in [1.29, 1.82) is 0 Å². The van der Waals surface area contributed by atoms with Gasteiger partial charge in [0.1, 0.15) is 5.82 Å². The molecule has 1 aliphatic heterocycles. The maximum atomic E-state index is 13.9. The number of ether oxygens (including phenoxy) is 2. The zero-order chi connectivity index (χ0) is 22.2. The molecule has 4 rings (SSSR count). The molecule has 2 aromatic carbocycles. The second kappa shape index (κ2) is 10.6. The Bertz CT molecular complexity index is 1070. The van der Waals surface area contributed by atoms with Gasteiger partial charge in [-0.2, -0.15) is 4.98 Å². The summed E-state index contributed by atoms with van der Waals surface area (Å²) in [4.78, 5) is 8.81. The number of aliphatic imine (C=N–C) groups is 1. The van der Waals surface area contributed by atoms with Crippen LogP contribution in [0.15, 0.2) is 52.0 Å². The van der Waals surface area contributed by atoms with Crippen molar-refractivity contribution in [3.63, 3.8) is 0 Å². The van der Waals surface area contributed by atoms with Crippen LogP contribution in [-0.4, -0.2) is 42.4 Å². The lowest BCUT2D eigenvalue weighted by atomic mass is 10.1. The summed E-state index contributed by atoms with van der Waals surface area (Å²) in [6.07, 6.45) is 1.89. The highest BCUT2D eigenvalue weighted by Crippen LogP contribution is 2.32. The molecule has 0 saturated carbocycles. The van der Waals surface area contributed by atoms with Crippen LogP contribution in [0.2, 0.25) is 0 Å². The molecule has 2 N–H and O–H groups in total. The Morgan fingerprint density at radius 3 is 2.75 bits per heavy atom. The number of fused-ring (bicyclic) bond motifs is 1. The maximum Gasteiger partial charge on any atom is 0.228 e. The molecule has 0 aliphatic carbocycles. The third-order valence-electron chi connectivity index (χ3n) is 4.82. The van der Waals surface area contributed by atoms with Crippen molar-refractivity contribution in [2.75, 3.05) is 31.6 Å². The minimum Gasteiger partial charge on any atom is -0.490 e. The second-order valence-electron chi connectivity index (χ2n) is 7.32. The predicted octanol–water partition coefficient (Wildman–Crippen LogP) is 3.52. The molecule has 1 aromatic heterocycles. The molecule has 8 nitrogen and oxygen atoms in total. The normalized spacial score (nSPS) is 13.5. The van der Waals surface area contributed by atoms with Gasteiger partial charge >= 0.3 is 0 Å².